The molecule has 0 atom stereocenters. The van der Waals surface area contributed by atoms with E-state index in [2.05, 4.69) is 19.9 Å². The molecule has 0 aliphatic carbocycles. The van der Waals surface area contributed by atoms with Crippen LogP contribution in [-0.2, 0) is 19.2 Å². The minimum atomic E-state index is -1.26. The zero-order valence-corrected chi connectivity index (χ0v) is 29.9. The van der Waals surface area contributed by atoms with Gasteiger partial charge >= 0.3 is 23.9 Å². The Balaban J connectivity index is 1.33. The molecule has 0 saturated carbocycles. The van der Waals surface area contributed by atoms with Crippen LogP contribution in [0.25, 0.3) is 33.2 Å². The predicted molar refractivity (Wildman–Crippen MR) is 195 cm³/mol. The first-order valence-electron chi connectivity index (χ1n) is 15.2. The van der Waals surface area contributed by atoms with Crippen molar-refractivity contribution in [2.24, 2.45) is 0 Å². The second-order valence-corrected chi connectivity index (χ2v) is 12.9. The quantitative estimate of drug-likeness (QED) is 0.114. The summed E-state index contributed by atoms with van der Waals surface area (Å²) in [6, 6.07) is 9.54. The van der Waals surface area contributed by atoms with Crippen LogP contribution in [0.1, 0.15) is 6.42 Å². The van der Waals surface area contributed by atoms with E-state index < -0.39 is 43.5 Å². The highest BCUT2D eigenvalue weighted by atomic mass is 35.5. The molecule has 16 nitrogen and oxygen atoms in total. The number of anilines is 2. The summed E-state index contributed by atoms with van der Waals surface area (Å²) < 4.78 is 8.65. The van der Waals surface area contributed by atoms with Gasteiger partial charge in [0.1, 0.15) is 37.6 Å². The minimum Gasteiger partial charge on any atom is -0.481 e. The van der Waals surface area contributed by atoms with Crippen LogP contribution in [0, 0.1) is 0 Å². The Morgan fingerprint density at radius 2 is 1.28 bits per heavy atom. The Bertz CT molecular complexity index is 2410. The van der Waals surface area contributed by atoms with Crippen molar-refractivity contribution < 1.29 is 39.2 Å². The summed E-state index contributed by atoms with van der Waals surface area (Å²) in [7, 11) is 0. The summed E-state index contributed by atoms with van der Waals surface area (Å²) in [5, 5.41) is 30.1. The van der Waals surface area contributed by atoms with Crippen LogP contribution in [0.2, 0.25) is 20.1 Å². The molecule has 0 aliphatic heterocycles. The minimum absolute atomic E-state index is 0.0631. The van der Waals surface area contributed by atoms with Gasteiger partial charge in [-0.25, -0.2) is 24.7 Å². The van der Waals surface area contributed by atoms with Crippen LogP contribution < -0.4 is 14.5 Å². The maximum absolute atomic E-state index is 13.3. The molecule has 4 aromatic heterocycles. The normalized spacial score (nSPS) is 11.2. The number of nitrogens with zero attached hydrogens (tertiary/aromatic N) is 8. The first-order valence-corrected chi connectivity index (χ1v) is 16.8. The molecule has 0 saturated heterocycles. The third-order valence-electron chi connectivity index (χ3n) is 7.73. The summed E-state index contributed by atoms with van der Waals surface area (Å²) in [4.78, 5) is 68.0. The molecule has 272 valence electrons. The highest BCUT2D eigenvalue weighted by molar-refractivity contribution is 6.45. The summed E-state index contributed by atoms with van der Waals surface area (Å²) >= 11 is 25.6. The molecular weight excluding hydrogens is 778 g/mol. The molecule has 3 N–H and O–H groups in total. The average molecular weight is 802 g/mol. The standard InChI is InChI=1S/C33H24Cl4N8O8/c34-19-3-1-17-21(43-8-6-38-15-43)9-24(41-32(17)30(19)36)44(13-28(50)51)14-29(52)53-25-11-45(16-39-25)22-10-23(42(12-27(48)49)7-5-26(46)47)40-33-18(22)2-4-20(35)31(33)37/h1-4,6,8-11,15-16H,5,7,12-14H2,(H,46,47)(H,48,49)(H,50,51). The van der Waals surface area contributed by atoms with E-state index in [-0.39, 0.29) is 61.6 Å². The number of aromatic nitrogens is 6. The molecule has 0 unspecified atom stereocenters. The van der Waals surface area contributed by atoms with Crippen LogP contribution in [0.3, 0.4) is 0 Å². The lowest BCUT2D eigenvalue weighted by Gasteiger charge is -2.23. The smallest absolute Gasteiger partial charge is 0.332 e. The van der Waals surface area contributed by atoms with Crippen molar-refractivity contribution >= 4 is 104 Å². The Morgan fingerprint density at radius 3 is 1.83 bits per heavy atom. The number of halogens is 4. The van der Waals surface area contributed by atoms with E-state index in [9.17, 15) is 34.5 Å². The van der Waals surface area contributed by atoms with Crippen molar-refractivity contribution in [3.8, 4) is 17.3 Å². The van der Waals surface area contributed by atoms with Crippen molar-refractivity contribution in [2.75, 3.05) is 36.0 Å². The molecule has 2 aromatic carbocycles. The number of fused-ring (bicyclic) bond motifs is 2. The van der Waals surface area contributed by atoms with Gasteiger partial charge < -0.3 is 39.0 Å². The van der Waals surface area contributed by atoms with E-state index in [4.69, 9.17) is 51.1 Å². The van der Waals surface area contributed by atoms with Gasteiger partial charge in [-0.15, -0.1) is 0 Å². The van der Waals surface area contributed by atoms with Crippen LogP contribution in [0.5, 0.6) is 5.88 Å². The number of pyridine rings is 2. The number of carboxylic acid groups (broad SMARTS) is 3. The second kappa shape index (κ2) is 15.5. The van der Waals surface area contributed by atoms with Crippen molar-refractivity contribution in [3.05, 3.63) is 87.7 Å². The molecule has 0 amide bonds. The summed E-state index contributed by atoms with van der Waals surface area (Å²) in [5.41, 5.74) is 1.35. The molecule has 0 radical (unpaired) electrons. The number of hydrogen-bond acceptors (Lipinski definition) is 11. The third-order valence-corrected chi connectivity index (χ3v) is 9.32. The first-order chi connectivity index (χ1) is 25.3. The van der Waals surface area contributed by atoms with Crippen molar-refractivity contribution in [1.82, 2.24) is 29.1 Å². The van der Waals surface area contributed by atoms with Gasteiger partial charge in [0, 0.05) is 41.8 Å². The number of ether oxygens (including phenoxy) is 1. The van der Waals surface area contributed by atoms with E-state index in [0.717, 1.165) is 0 Å². The zero-order valence-electron chi connectivity index (χ0n) is 26.9. The molecular formula is C33H24Cl4N8O8. The number of carbonyl (C=O) groups excluding carboxylic acids is 1. The topological polar surface area (TPSA) is 206 Å². The highest BCUT2D eigenvalue weighted by Gasteiger charge is 2.23. The van der Waals surface area contributed by atoms with Crippen LogP contribution in [0.4, 0.5) is 11.6 Å². The number of carboxylic acids is 3. The number of imidazole rings is 2. The SMILES string of the molecule is O=C(O)CCN(CC(=O)O)c1cc(-n2cnc(OC(=O)CN(CC(=O)O)c3cc(-n4ccnc4)c4ccc(Cl)c(Cl)c4n3)c2)c2ccc(Cl)c(Cl)c2n1. The lowest BCUT2D eigenvalue weighted by Crippen LogP contribution is -2.37. The van der Waals surface area contributed by atoms with E-state index in [0.29, 0.717) is 22.1 Å². The fourth-order valence-electron chi connectivity index (χ4n) is 5.40. The first kappa shape index (κ1) is 37.1. The van der Waals surface area contributed by atoms with Gasteiger partial charge in [-0.3, -0.25) is 14.4 Å². The summed E-state index contributed by atoms with van der Waals surface area (Å²) in [5.74, 6) is -4.54. The highest BCUT2D eigenvalue weighted by Crippen LogP contribution is 2.36. The molecule has 4 heterocycles. The van der Waals surface area contributed by atoms with E-state index >= 15 is 0 Å². The molecule has 53 heavy (non-hydrogen) atoms. The van der Waals surface area contributed by atoms with Gasteiger partial charge in [0.25, 0.3) is 0 Å². The average Bonchev–Trinajstić information content (AvgIpc) is 3.82. The van der Waals surface area contributed by atoms with Gasteiger partial charge in [0.15, 0.2) is 0 Å². The number of benzene rings is 2. The monoisotopic (exact) mass is 800 g/mol. The zero-order chi connectivity index (χ0) is 38.0. The third kappa shape index (κ3) is 8.20. The maximum atomic E-state index is 13.3. The largest absolute Gasteiger partial charge is 0.481 e. The molecule has 0 bridgehead atoms. The van der Waals surface area contributed by atoms with Crippen LogP contribution >= 0.6 is 46.4 Å². The lowest BCUT2D eigenvalue weighted by molar-refractivity contribution is -0.138. The molecule has 6 aromatic rings. The summed E-state index contributed by atoms with van der Waals surface area (Å²) in [6.07, 6.45) is 7.04. The Labute approximate surface area is 318 Å². The predicted octanol–water partition coefficient (Wildman–Crippen LogP) is 5.63. The molecule has 0 fully saturated rings. The Hall–Kier alpha value is -5.68. The maximum Gasteiger partial charge on any atom is 0.332 e. The number of rotatable bonds is 14. The number of aliphatic carboxylic acids is 3. The molecule has 20 heteroatoms. The summed E-state index contributed by atoms with van der Waals surface area (Å²) in [6.45, 7) is -1.98. The molecule has 0 aliphatic rings. The second-order valence-electron chi connectivity index (χ2n) is 11.3. The Kier molecular flexibility index (Phi) is 10.9. The van der Waals surface area contributed by atoms with Crippen LogP contribution in [-0.4, -0.2) is 94.4 Å². The van der Waals surface area contributed by atoms with Gasteiger partial charge in [-0.1, -0.05) is 46.4 Å². The van der Waals surface area contributed by atoms with Crippen molar-refractivity contribution in [3.63, 3.8) is 0 Å². The van der Waals surface area contributed by atoms with E-state index in [1.807, 2.05) is 0 Å². The fourth-order valence-corrected chi connectivity index (χ4v) is 6.12. The Morgan fingerprint density at radius 1 is 0.717 bits per heavy atom. The van der Waals surface area contributed by atoms with Gasteiger partial charge in [-0.05, 0) is 24.3 Å². The van der Waals surface area contributed by atoms with Gasteiger partial charge in [-0.2, -0.15) is 0 Å². The fraction of sp³-hybridized carbons (Fsp3) is 0.152. The number of hydrogen-bond donors (Lipinski definition) is 3. The number of esters is 1. The van der Waals surface area contributed by atoms with Gasteiger partial charge in [0.2, 0.25) is 5.88 Å². The molecule has 0 spiro atoms. The lowest BCUT2D eigenvalue weighted by atomic mass is 10.1. The molecule has 6 rings (SSSR count). The van der Waals surface area contributed by atoms with E-state index in [1.165, 1.54) is 45.4 Å². The van der Waals surface area contributed by atoms with Crippen LogP contribution in [0.15, 0.2) is 67.6 Å². The number of carbonyl (C=O) groups is 4. The van der Waals surface area contributed by atoms with Gasteiger partial charge in [0.05, 0.1) is 61.4 Å². The van der Waals surface area contributed by atoms with Crippen molar-refractivity contribution in [1.29, 1.82) is 0 Å². The van der Waals surface area contributed by atoms with Crippen molar-refractivity contribution in [2.45, 2.75) is 6.42 Å². The van der Waals surface area contributed by atoms with E-state index in [1.54, 1.807) is 41.2 Å².